The number of nitrogens with zero attached hydrogens (tertiary/aromatic N) is 4. The third kappa shape index (κ3) is 4.96. The molecule has 182 valence electrons. The van der Waals surface area contributed by atoms with Gasteiger partial charge in [0.05, 0.1) is 29.1 Å². The number of morpholine rings is 1. The van der Waals surface area contributed by atoms with E-state index in [9.17, 15) is 22.0 Å². The molecule has 4 rings (SSSR count). The van der Waals surface area contributed by atoms with Crippen LogP contribution in [0.1, 0.15) is 17.8 Å². The van der Waals surface area contributed by atoms with Crippen LogP contribution in [0, 0.1) is 11.6 Å². The number of amides is 1. The summed E-state index contributed by atoms with van der Waals surface area (Å²) in [6, 6.07) is 8.10. The van der Waals surface area contributed by atoms with E-state index in [1.165, 1.54) is 15.3 Å². The van der Waals surface area contributed by atoms with Crippen molar-refractivity contribution in [1.82, 2.24) is 18.8 Å². The van der Waals surface area contributed by atoms with Gasteiger partial charge in [0, 0.05) is 58.2 Å². The molecule has 0 atom stereocenters. The molecule has 1 aliphatic rings. The van der Waals surface area contributed by atoms with Gasteiger partial charge in [0.1, 0.15) is 17.5 Å². The summed E-state index contributed by atoms with van der Waals surface area (Å²) in [4.78, 5) is 18.7. The Bertz CT molecular complexity index is 1320. The zero-order valence-electron chi connectivity index (χ0n) is 19.0. The van der Waals surface area contributed by atoms with Crippen molar-refractivity contribution in [1.29, 1.82) is 0 Å². The van der Waals surface area contributed by atoms with Crippen LogP contribution < -0.4 is 0 Å². The first kappa shape index (κ1) is 24.2. The molecule has 0 saturated carbocycles. The molecule has 0 aliphatic carbocycles. The first-order chi connectivity index (χ1) is 16.2. The van der Waals surface area contributed by atoms with Crippen LogP contribution in [0.4, 0.5) is 8.78 Å². The van der Waals surface area contributed by atoms with Crippen molar-refractivity contribution in [3.05, 3.63) is 59.4 Å². The number of hydrogen-bond donors (Lipinski definition) is 0. The van der Waals surface area contributed by atoms with Crippen molar-refractivity contribution >= 4 is 27.0 Å². The number of sulfonamides is 1. The van der Waals surface area contributed by atoms with Gasteiger partial charge in [-0.1, -0.05) is 6.07 Å². The van der Waals surface area contributed by atoms with Crippen LogP contribution in [0.2, 0.25) is 0 Å². The number of fused-ring (bicyclic) bond motifs is 1. The van der Waals surface area contributed by atoms with Crippen molar-refractivity contribution < 1.29 is 26.7 Å². The van der Waals surface area contributed by atoms with E-state index >= 15 is 0 Å². The summed E-state index contributed by atoms with van der Waals surface area (Å²) in [5.74, 6) is -0.951. The molecule has 1 aromatic heterocycles. The highest BCUT2D eigenvalue weighted by Crippen LogP contribution is 2.23. The number of imidazole rings is 1. The van der Waals surface area contributed by atoms with Gasteiger partial charge >= 0.3 is 0 Å². The molecular formula is C23H26F2N4O4S. The number of carbonyl (C=O) groups is 1. The Morgan fingerprint density at radius 1 is 1.15 bits per heavy atom. The van der Waals surface area contributed by atoms with Crippen LogP contribution in [-0.2, 0) is 39.6 Å². The fourth-order valence-electron chi connectivity index (χ4n) is 3.95. The Morgan fingerprint density at radius 3 is 2.59 bits per heavy atom. The predicted molar refractivity (Wildman–Crippen MR) is 121 cm³/mol. The predicted octanol–water partition coefficient (Wildman–Crippen LogP) is 2.46. The zero-order valence-corrected chi connectivity index (χ0v) is 19.8. The van der Waals surface area contributed by atoms with E-state index in [1.807, 2.05) is 11.6 Å². The third-order valence-electron chi connectivity index (χ3n) is 5.96. The molecule has 0 radical (unpaired) electrons. The van der Waals surface area contributed by atoms with Crippen LogP contribution in [0.25, 0.3) is 11.0 Å². The molecule has 11 heteroatoms. The number of ether oxygens (including phenoxy) is 1. The second kappa shape index (κ2) is 9.77. The topological polar surface area (TPSA) is 84.7 Å². The molecule has 0 spiro atoms. The number of aryl methyl sites for hydroxylation is 2. The monoisotopic (exact) mass is 492 g/mol. The molecule has 1 amide bonds. The van der Waals surface area contributed by atoms with E-state index < -0.39 is 21.7 Å². The largest absolute Gasteiger partial charge is 0.379 e. The Balaban J connectivity index is 1.46. The highest BCUT2D eigenvalue weighted by atomic mass is 32.2. The molecule has 1 saturated heterocycles. The number of benzene rings is 2. The molecule has 0 bridgehead atoms. The van der Waals surface area contributed by atoms with Crippen molar-refractivity contribution in [3.63, 3.8) is 0 Å². The second-order valence-corrected chi connectivity index (χ2v) is 10.2. The third-order valence-corrected chi connectivity index (χ3v) is 7.86. The second-order valence-electron chi connectivity index (χ2n) is 8.24. The normalized spacial score (nSPS) is 15.1. The van der Waals surface area contributed by atoms with E-state index in [-0.39, 0.29) is 29.3 Å². The van der Waals surface area contributed by atoms with Gasteiger partial charge < -0.3 is 14.2 Å². The smallest absolute Gasteiger partial charge is 0.243 e. The Labute approximate surface area is 196 Å². The quantitative estimate of drug-likeness (QED) is 0.506. The molecule has 0 N–H and O–H groups in total. The van der Waals surface area contributed by atoms with Gasteiger partial charge in [0.25, 0.3) is 0 Å². The van der Waals surface area contributed by atoms with Gasteiger partial charge in [0.15, 0.2) is 0 Å². The Hall–Kier alpha value is -2.89. The summed E-state index contributed by atoms with van der Waals surface area (Å²) >= 11 is 0. The molecule has 34 heavy (non-hydrogen) atoms. The van der Waals surface area contributed by atoms with Gasteiger partial charge in [-0.25, -0.2) is 22.2 Å². The average Bonchev–Trinajstić information content (AvgIpc) is 3.14. The van der Waals surface area contributed by atoms with Gasteiger partial charge in [-0.05, 0) is 24.3 Å². The standard InChI is InChI=1S/C23H26F2N4O4S/c1-27(15-16-3-4-17(24)13-19(16)25)23(30)8-7-22-26-20-14-18(5-6-21(20)28(22)2)34(31,32)29-9-11-33-12-10-29/h3-6,13-14H,7-12,15H2,1-2H3. The van der Waals surface area contributed by atoms with E-state index in [1.54, 1.807) is 25.2 Å². The lowest BCUT2D eigenvalue weighted by Gasteiger charge is -2.26. The molecule has 0 unspecified atom stereocenters. The van der Waals surface area contributed by atoms with Crippen molar-refractivity contribution in [2.24, 2.45) is 7.05 Å². The maximum Gasteiger partial charge on any atom is 0.243 e. The van der Waals surface area contributed by atoms with Crippen LogP contribution in [0.5, 0.6) is 0 Å². The molecule has 8 nitrogen and oxygen atoms in total. The fourth-order valence-corrected chi connectivity index (χ4v) is 5.38. The van der Waals surface area contributed by atoms with Crippen molar-refractivity contribution in [2.75, 3.05) is 33.4 Å². The summed E-state index contributed by atoms with van der Waals surface area (Å²) in [6.07, 6.45) is 0.460. The summed E-state index contributed by atoms with van der Waals surface area (Å²) in [6.45, 7) is 1.38. The maximum atomic E-state index is 13.9. The Morgan fingerprint density at radius 2 is 1.88 bits per heavy atom. The van der Waals surface area contributed by atoms with Crippen LogP contribution in [-0.4, -0.2) is 66.4 Å². The minimum Gasteiger partial charge on any atom is -0.379 e. The van der Waals surface area contributed by atoms with Gasteiger partial charge in [0.2, 0.25) is 15.9 Å². The SMILES string of the molecule is CN(Cc1ccc(F)cc1F)C(=O)CCc1nc2cc(S(=O)(=O)N3CCOCC3)ccc2n1C. The fraction of sp³-hybridized carbons (Fsp3) is 0.391. The van der Waals surface area contributed by atoms with E-state index in [2.05, 4.69) is 4.98 Å². The Kier molecular flexibility index (Phi) is 6.96. The minimum absolute atomic E-state index is 0.0241. The molecule has 3 aromatic rings. The minimum atomic E-state index is -3.64. The van der Waals surface area contributed by atoms with Crippen LogP contribution >= 0.6 is 0 Å². The highest BCUT2D eigenvalue weighted by Gasteiger charge is 2.27. The van der Waals surface area contributed by atoms with E-state index in [0.717, 1.165) is 17.6 Å². The van der Waals surface area contributed by atoms with Gasteiger partial charge in [-0.3, -0.25) is 4.79 Å². The van der Waals surface area contributed by atoms with E-state index in [0.29, 0.717) is 44.1 Å². The lowest BCUT2D eigenvalue weighted by molar-refractivity contribution is -0.130. The number of aromatic nitrogens is 2. The summed E-state index contributed by atoms with van der Waals surface area (Å²) in [7, 11) is -0.274. The number of rotatable bonds is 7. The van der Waals surface area contributed by atoms with Crippen molar-refractivity contribution in [2.45, 2.75) is 24.3 Å². The summed E-state index contributed by atoms with van der Waals surface area (Å²) in [5, 5.41) is 0. The summed E-state index contributed by atoms with van der Waals surface area (Å²) < 4.78 is 61.3. The maximum absolute atomic E-state index is 13.9. The van der Waals surface area contributed by atoms with Gasteiger partial charge in [-0.2, -0.15) is 4.31 Å². The first-order valence-electron chi connectivity index (χ1n) is 10.9. The molecule has 1 fully saturated rings. The molecule has 2 heterocycles. The lowest BCUT2D eigenvalue weighted by Crippen LogP contribution is -2.40. The highest BCUT2D eigenvalue weighted by molar-refractivity contribution is 7.89. The number of carbonyl (C=O) groups excluding carboxylic acids is 1. The molecular weight excluding hydrogens is 466 g/mol. The first-order valence-corrected chi connectivity index (χ1v) is 12.3. The lowest BCUT2D eigenvalue weighted by atomic mass is 10.2. The number of hydrogen-bond acceptors (Lipinski definition) is 5. The van der Waals surface area contributed by atoms with Crippen molar-refractivity contribution in [3.8, 4) is 0 Å². The average molecular weight is 493 g/mol. The summed E-state index contributed by atoms with van der Waals surface area (Å²) in [5.41, 5.74) is 1.51. The van der Waals surface area contributed by atoms with Gasteiger partial charge in [-0.15, -0.1) is 0 Å². The molecule has 1 aliphatic heterocycles. The molecule has 2 aromatic carbocycles. The van der Waals surface area contributed by atoms with E-state index in [4.69, 9.17) is 4.74 Å². The van der Waals surface area contributed by atoms with Crippen LogP contribution in [0.3, 0.4) is 0 Å². The zero-order chi connectivity index (χ0) is 24.5. The van der Waals surface area contributed by atoms with Crippen LogP contribution in [0.15, 0.2) is 41.3 Å². The number of halogens is 2.